The minimum absolute atomic E-state index is 0.0501. The predicted octanol–water partition coefficient (Wildman–Crippen LogP) is 10.0. The van der Waals surface area contributed by atoms with Gasteiger partial charge in [-0.3, -0.25) is 5.32 Å². The number of halogens is 6. The van der Waals surface area contributed by atoms with E-state index < -0.39 is 83.4 Å². The van der Waals surface area contributed by atoms with Crippen LogP contribution in [-0.4, -0.2) is 39.2 Å². The lowest BCUT2D eigenvalue weighted by molar-refractivity contribution is -0.299. The number of pyridine rings is 1. The van der Waals surface area contributed by atoms with Crippen LogP contribution in [0, 0.1) is 0 Å². The van der Waals surface area contributed by atoms with Crippen LogP contribution in [0.5, 0.6) is 5.88 Å². The molecule has 0 aliphatic carbocycles. The molecule has 266 valence electrons. The van der Waals surface area contributed by atoms with Crippen LogP contribution >= 0.6 is 0 Å². The quantitative estimate of drug-likeness (QED) is 0.213. The van der Waals surface area contributed by atoms with E-state index in [1.807, 2.05) is 27.7 Å². The number of amides is 1. The summed E-state index contributed by atoms with van der Waals surface area (Å²) in [6.45, 7) is 13.6. The molecule has 4 rings (SSSR count). The number of fused-ring (bicyclic) bond motifs is 5. The number of nitrogens with one attached hydrogen (secondary N) is 1. The fraction of sp³-hybridized carbons (Fsp3) is 0.515. The maximum absolute atomic E-state index is 14.9. The molecule has 1 aromatic carbocycles. The van der Waals surface area contributed by atoms with E-state index in [0.717, 1.165) is 0 Å². The average Bonchev–Trinajstić information content (AvgIpc) is 3.49. The molecule has 1 aliphatic heterocycles. The molecule has 48 heavy (non-hydrogen) atoms. The van der Waals surface area contributed by atoms with Gasteiger partial charge in [-0.2, -0.15) is 26.3 Å². The van der Waals surface area contributed by atoms with Crippen molar-refractivity contribution in [1.29, 1.82) is 0 Å². The molecule has 2 aromatic heterocycles. The summed E-state index contributed by atoms with van der Waals surface area (Å²) < 4.78 is 109. The zero-order chi connectivity index (χ0) is 36.3. The number of allylic oxidation sites excluding steroid dienone is 1. The molecule has 1 amide bonds. The predicted molar refractivity (Wildman–Crippen MR) is 167 cm³/mol. The van der Waals surface area contributed by atoms with Crippen LogP contribution in [0.15, 0.2) is 53.0 Å². The van der Waals surface area contributed by atoms with Crippen molar-refractivity contribution in [3.8, 4) is 17.5 Å². The third kappa shape index (κ3) is 10.4. The van der Waals surface area contributed by atoms with E-state index in [1.165, 1.54) is 39.8 Å². The molecule has 2 atom stereocenters. The van der Waals surface area contributed by atoms with Gasteiger partial charge < -0.3 is 18.6 Å². The first kappa shape index (κ1) is 40.0. The van der Waals surface area contributed by atoms with Crippen molar-refractivity contribution in [2.24, 2.45) is 0 Å². The summed E-state index contributed by atoms with van der Waals surface area (Å²) in [4.78, 5) is 16.5. The van der Waals surface area contributed by atoms with Crippen molar-refractivity contribution < 1.29 is 49.8 Å². The zero-order valence-electron chi connectivity index (χ0n) is 28.2. The van der Waals surface area contributed by atoms with Gasteiger partial charge in [0.1, 0.15) is 17.3 Å². The van der Waals surface area contributed by atoms with Gasteiger partial charge in [-0.15, -0.1) is 10.2 Å². The van der Waals surface area contributed by atoms with Crippen LogP contribution in [0.2, 0.25) is 0 Å². The number of nitrogens with zero attached hydrogens (tertiary/aromatic N) is 3. The van der Waals surface area contributed by atoms with E-state index in [1.54, 1.807) is 30.3 Å². The normalized spacial score (nSPS) is 18.8. The number of anilines is 1. The first-order valence-electron chi connectivity index (χ1n) is 15.5. The van der Waals surface area contributed by atoms with Crippen molar-refractivity contribution in [3.05, 3.63) is 65.6 Å². The van der Waals surface area contributed by atoms with Crippen molar-refractivity contribution in [1.82, 2.24) is 15.2 Å². The Hall–Kier alpha value is -4.14. The Labute approximate surface area is 276 Å². The summed E-state index contributed by atoms with van der Waals surface area (Å²) in [7, 11) is 0. The van der Waals surface area contributed by atoms with Gasteiger partial charge in [0.2, 0.25) is 11.5 Å². The number of aromatic nitrogens is 3. The molecular formula is C33H42F6N4O5. The highest BCUT2D eigenvalue weighted by Gasteiger charge is 2.61. The zero-order valence-corrected chi connectivity index (χ0v) is 28.2. The number of carbonyl (C=O) groups is 1. The van der Waals surface area contributed by atoms with E-state index in [4.69, 9.17) is 18.6 Å². The van der Waals surface area contributed by atoms with Crippen LogP contribution in [0.1, 0.15) is 91.7 Å². The molecule has 0 saturated heterocycles. The Morgan fingerprint density at radius 3 is 2.23 bits per heavy atom. The molecule has 1 N–H and O–H groups in total. The van der Waals surface area contributed by atoms with E-state index in [0.29, 0.717) is 11.6 Å². The SMILES string of the molecule is CC.CC.CC1C/C=C\CCC(OCc2ccccc2)(C(F)(F)F)c2nnc(o2)-c2nc(c(C(F)(F)F)cc2NC(=O)OC(C)(C)C)O1. The Kier molecular flexibility index (Phi) is 14.0. The number of hydrogen-bond acceptors (Lipinski definition) is 8. The van der Waals surface area contributed by atoms with Crippen LogP contribution in [0.3, 0.4) is 0 Å². The van der Waals surface area contributed by atoms with Crippen molar-refractivity contribution in [2.75, 3.05) is 5.32 Å². The van der Waals surface area contributed by atoms with Gasteiger partial charge in [-0.1, -0.05) is 70.2 Å². The molecule has 0 fully saturated rings. The number of benzene rings is 1. The minimum atomic E-state index is -5.07. The summed E-state index contributed by atoms with van der Waals surface area (Å²) in [5.41, 5.74) is -6.24. The second-order valence-electron chi connectivity index (χ2n) is 11.0. The molecule has 0 saturated carbocycles. The Bertz CT molecular complexity index is 1490. The number of alkyl halides is 6. The number of hydrogen-bond donors (Lipinski definition) is 1. The van der Waals surface area contributed by atoms with Crippen LogP contribution < -0.4 is 10.1 Å². The summed E-state index contributed by atoms with van der Waals surface area (Å²) in [5.74, 6) is -2.62. The topological polar surface area (TPSA) is 109 Å². The molecule has 15 heteroatoms. The van der Waals surface area contributed by atoms with E-state index >= 15 is 0 Å². The summed E-state index contributed by atoms with van der Waals surface area (Å²) in [6, 6.07) is 8.64. The molecule has 0 spiro atoms. The highest BCUT2D eigenvalue weighted by Crippen LogP contribution is 2.47. The highest BCUT2D eigenvalue weighted by atomic mass is 19.4. The lowest BCUT2D eigenvalue weighted by Crippen LogP contribution is -2.45. The molecule has 4 bridgehead atoms. The van der Waals surface area contributed by atoms with Crippen molar-refractivity contribution in [3.63, 3.8) is 0 Å². The minimum Gasteiger partial charge on any atom is -0.474 e. The number of ether oxygens (including phenoxy) is 3. The number of carbonyl (C=O) groups excluding carboxylic acids is 1. The Morgan fingerprint density at radius 2 is 1.65 bits per heavy atom. The van der Waals surface area contributed by atoms with Crippen molar-refractivity contribution >= 4 is 11.8 Å². The lowest BCUT2D eigenvalue weighted by Gasteiger charge is -2.32. The van der Waals surface area contributed by atoms with Gasteiger partial charge in [-0.05, 0) is 52.2 Å². The molecule has 3 heterocycles. The third-order valence-corrected chi connectivity index (χ3v) is 6.30. The van der Waals surface area contributed by atoms with Gasteiger partial charge in [0.05, 0.1) is 12.3 Å². The second-order valence-corrected chi connectivity index (χ2v) is 11.0. The highest BCUT2D eigenvalue weighted by molar-refractivity contribution is 5.89. The molecule has 2 unspecified atom stereocenters. The van der Waals surface area contributed by atoms with Crippen LogP contribution in [-0.2, 0) is 27.9 Å². The van der Waals surface area contributed by atoms with Crippen molar-refractivity contribution in [2.45, 2.75) is 111 Å². The summed E-state index contributed by atoms with van der Waals surface area (Å²) >= 11 is 0. The Balaban J connectivity index is 0.00000193. The molecule has 9 nitrogen and oxygen atoms in total. The monoisotopic (exact) mass is 688 g/mol. The lowest BCUT2D eigenvalue weighted by atomic mass is 9.95. The molecule has 0 radical (unpaired) electrons. The second kappa shape index (κ2) is 16.8. The Morgan fingerprint density at radius 1 is 1.00 bits per heavy atom. The first-order chi connectivity index (χ1) is 22.5. The standard InChI is InChI=1S/C29H30F6N4O5.2C2H6/c1-17-11-7-6-10-14-27(29(33,34)35,41-16-18-12-8-5-9-13-18)24-39-38-23(43-24)21-20(36-25(40)44-26(2,3)4)15-19(28(30,31)32)22(37-21)42-17;2*1-2/h5-9,12-13,15,17H,10-11,14,16H2,1-4H3,(H,36,40);2*1-2H3/b7-6-;;. The maximum Gasteiger partial charge on any atom is 0.426 e. The summed E-state index contributed by atoms with van der Waals surface area (Å²) in [5, 5.41) is 9.48. The first-order valence-corrected chi connectivity index (χ1v) is 15.5. The number of rotatable bonds is 4. The van der Waals surface area contributed by atoms with Gasteiger partial charge in [0.25, 0.3) is 11.8 Å². The van der Waals surface area contributed by atoms with E-state index in [-0.39, 0.29) is 12.8 Å². The van der Waals surface area contributed by atoms with Gasteiger partial charge in [-0.25, -0.2) is 9.78 Å². The van der Waals surface area contributed by atoms with Crippen LogP contribution in [0.25, 0.3) is 11.6 Å². The third-order valence-electron chi connectivity index (χ3n) is 6.30. The fourth-order valence-corrected chi connectivity index (χ4v) is 4.24. The largest absolute Gasteiger partial charge is 0.474 e. The van der Waals surface area contributed by atoms with Gasteiger partial charge in [0, 0.05) is 6.42 Å². The smallest absolute Gasteiger partial charge is 0.426 e. The molecule has 1 aliphatic rings. The van der Waals surface area contributed by atoms with Gasteiger partial charge in [0.15, 0.2) is 5.69 Å². The van der Waals surface area contributed by atoms with Crippen LogP contribution in [0.4, 0.5) is 36.8 Å². The molecular weight excluding hydrogens is 646 g/mol. The van der Waals surface area contributed by atoms with E-state index in [9.17, 15) is 31.1 Å². The van der Waals surface area contributed by atoms with E-state index in [2.05, 4.69) is 20.5 Å². The maximum atomic E-state index is 14.9. The fourth-order valence-electron chi connectivity index (χ4n) is 4.24. The average molecular weight is 689 g/mol. The van der Waals surface area contributed by atoms with Gasteiger partial charge >= 0.3 is 18.4 Å². The summed E-state index contributed by atoms with van der Waals surface area (Å²) in [6.07, 6.45) is -9.95. The molecule has 3 aromatic rings.